The zero-order chi connectivity index (χ0) is 12.3. The summed E-state index contributed by atoms with van der Waals surface area (Å²) >= 11 is 0. The summed E-state index contributed by atoms with van der Waals surface area (Å²) < 4.78 is 13.6. The molecule has 2 aromatic rings. The average Bonchev–Trinajstić information content (AvgIpc) is 2.34. The second kappa shape index (κ2) is 4.78. The number of halogens is 1. The van der Waals surface area contributed by atoms with Crippen LogP contribution < -0.4 is 5.73 Å². The summed E-state index contributed by atoms with van der Waals surface area (Å²) in [5, 5.41) is 0. The third kappa shape index (κ3) is 2.69. The molecule has 0 aliphatic rings. The van der Waals surface area contributed by atoms with Crippen molar-refractivity contribution in [2.45, 2.75) is 6.92 Å². The fourth-order valence-corrected chi connectivity index (χ4v) is 1.51. The van der Waals surface area contributed by atoms with Gasteiger partial charge in [-0.3, -0.25) is 0 Å². The summed E-state index contributed by atoms with van der Waals surface area (Å²) in [7, 11) is 0. The third-order valence-corrected chi connectivity index (χ3v) is 2.41. The molecule has 2 nitrogen and oxygen atoms in total. The predicted molar refractivity (Wildman–Crippen MR) is 68.0 cm³/mol. The van der Waals surface area contributed by atoms with Crippen LogP contribution in [-0.4, -0.2) is 5.84 Å². The van der Waals surface area contributed by atoms with E-state index in [1.807, 2.05) is 37.3 Å². The van der Waals surface area contributed by atoms with Crippen molar-refractivity contribution in [2.75, 3.05) is 0 Å². The monoisotopic (exact) mass is 228 g/mol. The van der Waals surface area contributed by atoms with Crippen molar-refractivity contribution in [3.05, 3.63) is 65.5 Å². The van der Waals surface area contributed by atoms with Gasteiger partial charge in [0, 0.05) is 5.56 Å². The molecule has 86 valence electrons. The molecule has 0 aromatic heterocycles. The first-order valence-corrected chi connectivity index (χ1v) is 5.32. The molecule has 0 amide bonds. The fraction of sp³-hybridized carbons (Fsp3) is 0.0714. The molecule has 3 heteroatoms. The van der Waals surface area contributed by atoms with Gasteiger partial charge in [0.15, 0.2) is 0 Å². The Kier molecular flexibility index (Phi) is 3.19. The number of aryl methyl sites for hydroxylation is 1. The molecule has 0 spiro atoms. The predicted octanol–water partition coefficient (Wildman–Crippen LogP) is 3.17. The zero-order valence-electron chi connectivity index (χ0n) is 9.52. The van der Waals surface area contributed by atoms with Gasteiger partial charge in [0.05, 0.1) is 0 Å². The number of aliphatic imine (C=N–C) groups is 1. The number of rotatable bonds is 2. The van der Waals surface area contributed by atoms with E-state index >= 15 is 0 Å². The average molecular weight is 228 g/mol. The van der Waals surface area contributed by atoms with Crippen molar-refractivity contribution in [2.24, 2.45) is 10.7 Å². The smallest absolute Gasteiger partial charge is 0.149 e. The molecule has 0 aliphatic heterocycles. The summed E-state index contributed by atoms with van der Waals surface area (Å²) in [5.74, 6) is -0.0442. The first kappa shape index (κ1) is 11.3. The molecule has 0 radical (unpaired) electrons. The van der Waals surface area contributed by atoms with E-state index in [2.05, 4.69) is 4.99 Å². The summed E-state index contributed by atoms with van der Waals surface area (Å²) in [4.78, 5) is 4.09. The van der Waals surface area contributed by atoms with Gasteiger partial charge in [0.1, 0.15) is 17.3 Å². The van der Waals surface area contributed by atoms with E-state index in [-0.39, 0.29) is 11.5 Å². The van der Waals surface area contributed by atoms with Crippen LogP contribution in [0.2, 0.25) is 0 Å². The molecular weight excluding hydrogens is 215 g/mol. The number of nitrogens with two attached hydrogens (primary N) is 1. The molecule has 0 saturated carbocycles. The van der Waals surface area contributed by atoms with Crippen molar-refractivity contribution in [1.82, 2.24) is 0 Å². The molecule has 0 unspecified atom stereocenters. The van der Waals surface area contributed by atoms with Crippen molar-refractivity contribution < 1.29 is 4.39 Å². The van der Waals surface area contributed by atoms with Crippen molar-refractivity contribution >= 4 is 11.5 Å². The van der Waals surface area contributed by atoms with Crippen LogP contribution in [0.1, 0.15) is 11.1 Å². The van der Waals surface area contributed by atoms with Gasteiger partial charge in [-0.1, -0.05) is 36.4 Å². The molecular formula is C14H13FN2. The number of nitrogens with zero attached hydrogens (tertiary/aromatic N) is 1. The van der Waals surface area contributed by atoms with E-state index < -0.39 is 0 Å². The Labute approximate surface area is 99.6 Å². The highest BCUT2D eigenvalue weighted by molar-refractivity contribution is 5.98. The Morgan fingerprint density at radius 3 is 2.47 bits per heavy atom. The van der Waals surface area contributed by atoms with E-state index in [0.29, 0.717) is 5.84 Å². The number of amidine groups is 1. The molecule has 0 aliphatic carbocycles. The maximum absolute atomic E-state index is 13.6. The summed E-state index contributed by atoms with van der Waals surface area (Å²) in [5.41, 5.74) is 7.72. The summed E-state index contributed by atoms with van der Waals surface area (Å²) in [6, 6.07) is 14.2. The van der Waals surface area contributed by atoms with Crippen LogP contribution in [0.3, 0.4) is 0 Å². The Morgan fingerprint density at radius 1 is 1.12 bits per heavy atom. The number of hydrogen-bond donors (Lipinski definition) is 1. The maximum Gasteiger partial charge on any atom is 0.149 e. The van der Waals surface area contributed by atoms with E-state index in [9.17, 15) is 4.39 Å². The van der Waals surface area contributed by atoms with Crippen LogP contribution >= 0.6 is 0 Å². The van der Waals surface area contributed by atoms with Crippen molar-refractivity contribution in [3.63, 3.8) is 0 Å². The topological polar surface area (TPSA) is 38.4 Å². The van der Waals surface area contributed by atoms with E-state index in [0.717, 1.165) is 11.1 Å². The van der Waals surface area contributed by atoms with Crippen LogP contribution in [-0.2, 0) is 0 Å². The van der Waals surface area contributed by atoms with Gasteiger partial charge in [-0.05, 0) is 24.6 Å². The van der Waals surface area contributed by atoms with Gasteiger partial charge >= 0.3 is 0 Å². The van der Waals surface area contributed by atoms with Crippen molar-refractivity contribution in [1.29, 1.82) is 0 Å². The molecule has 0 fully saturated rings. The van der Waals surface area contributed by atoms with Crippen LogP contribution in [0.15, 0.2) is 53.5 Å². The second-order valence-corrected chi connectivity index (χ2v) is 3.82. The van der Waals surface area contributed by atoms with Crippen LogP contribution in [0.25, 0.3) is 0 Å². The molecule has 2 rings (SSSR count). The van der Waals surface area contributed by atoms with Crippen LogP contribution in [0.4, 0.5) is 10.1 Å². The largest absolute Gasteiger partial charge is 0.383 e. The Morgan fingerprint density at radius 2 is 1.82 bits per heavy atom. The standard InChI is InChI=1S/C14H13FN2/c1-10-7-8-13(12(15)9-10)17-14(16)11-5-3-2-4-6-11/h2-9H,1H3,(H2,16,17). The number of benzene rings is 2. The highest BCUT2D eigenvalue weighted by atomic mass is 19.1. The van der Waals surface area contributed by atoms with Gasteiger partial charge in [-0.15, -0.1) is 0 Å². The van der Waals surface area contributed by atoms with Gasteiger partial charge in [0.25, 0.3) is 0 Å². The SMILES string of the molecule is Cc1ccc(N=C(N)c2ccccc2)c(F)c1. The highest BCUT2D eigenvalue weighted by Crippen LogP contribution is 2.19. The molecule has 2 aromatic carbocycles. The van der Waals surface area contributed by atoms with E-state index in [1.54, 1.807) is 12.1 Å². The lowest BCUT2D eigenvalue weighted by atomic mass is 10.2. The minimum absolute atomic E-state index is 0.261. The normalized spacial score (nSPS) is 11.5. The van der Waals surface area contributed by atoms with Crippen LogP contribution in [0, 0.1) is 12.7 Å². The Hall–Kier alpha value is -2.16. The third-order valence-electron chi connectivity index (χ3n) is 2.41. The quantitative estimate of drug-likeness (QED) is 0.622. The van der Waals surface area contributed by atoms with Crippen LogP contribution in [0.5, 0.6) is 0 Å². The number of hydrogen-bond acceptors (Lipinski definition) is 1. The second-order valence-electron chi connectivity index (χ2n) is 3.82. The van der Waals surface area contributed by atoms with Gasteiger partial charge in [0.2, 0.25) is 0 Å². The minimum atomic E-state index is -0.358. The lowest BCUT2D eigenvalue weighted by Crippen LogP contribution is -2.12. The van der Waals surface area contributed by atoms with Crippen molar-refractivity contribution in [3.8, 4) is 0 Å². The highest BCUT2D eigenvalue weighted by Gasteiger charge is 2.02. The first-order valence-electron chi connectivity index (χ1n) is 5.32. The van der Waals surface area contributed by atoms with E-state index in [4.69, 9.17) is 5.73 Å². The fourth-order valence-electron chi connectivity index (χ4n) is 1.51. The maximum atomic E-state index is 13.6. The summed E-state index contributed by atoms with van der Waals surface area (Å²) in [6.07, 6.45) is 0. The van der Waals surface area contributed by atoms with Gasteiger partial charge in [-0.2, -0.15) is 0 Å². The summed E-state index contributed by atoms with van der Waals surface area (Å²) in [6.45, 7) is 1.83. The molecule has 0 heterocycles. The lowest BCUT2D eigenvalue weighted by molar-refractivity contribution is 0.628. The first-order chi connectivity index (χ1) is 8.16. The van der Waals surface area contributed by atoms with E-state index in [1.165, 1.54) is 6.07 Å². The molecule has 0 atom stereocenters. The van der Waals surface area contributed by atoms with Gasteiger partial charge in [-0.25, -0.2) is 9.38 Å². The minimum Gasteiger partial charge on any atom is -0.383 e. The molecule has 0 bridgehead atoms. The molecule has 2 N–H and O–H groups in total. The van der Waals surface area contributed by atoms with Gasteiger partial charge < -0.3 is 5.73 Å². The Bertz CT molecular complexity index is 547. The Balaban J connectivity index is 2.36. The molecule has 17 heavy (non-hydrogen) atoms. The molecule has 0 saturated heterocycles. The zero-order valence-corrected chi connectivity index (χ0v) is 9.52. The lowest BCUT2D eigenvalue weighted by Gasteiger charge is -2.02.